The molecule has 0 spiro atoms. The second-order valence-electron chi connectivity index (χ2n) is 2.73. The van der Waals surface area contributed by atoms with Crippen LogP contribution in [0.25, 0.3) is 0 Å². The third kappa shape index (κ3) is 4.51. The maximum absolute atomic E-state index is 11.3. The van der Waals surface area contributed by atoms with Gasteiger partial charge in [0, 0.05) is 11.9 Å². The monoisotopic (exact) mass is 224 g/mol. The molecule has 1 aromatic rings. The molecule has 0 bridgehead atoms. The summed E-state index contributed by atoms with van der Waals surface area (Å²) in [5, 5.41) is 4.68. The second-order valence-corrected chi connectivity index (χ2v) is 3.78. The maximum Gasteiger partial charge on any atom is 0.284 e. The highest BCUT2D eigenvalue weighted by Gasteiger charge is 2.05. The topological polar surface area (TPSA) is 58.2 Å². The average molecular weight is 224 g/mol. The van der Waals surface area contributed by atoms with E-state index in [9.17, 15) is 9.59 Å². The molecule has 0 heterocycles. The molecule has 0 fully saturated rings. The van der Waals surface area contributed by atoms with Crippen LogP contribution in [0.2, 0.25) is 0 Å². The van der Waals surface area contributed by atoms with Gasteiger partial charge >= 0.3 is 0 Å². The number of thioether (sulfide) groups is 1. The summed E-state index contributed by atoms with van der Waals surface area (Å²) >= 11 is 1.07. The predicted molar refractivity (Wildman–Crippen MR) is 59.8 cm³/mol. The Morgan fingerprint density at radius 2 is 1.93 bits per heavy atom. The summed E-state index contributed by atoms with van der Waals surface area (Å²) in [5.74, 6) is -0.211. The van der Waals surface area contributed by atoms with Crippen LogP contribution >= 0.6 is 11.8 Å². The first-order chi connectivity index (χ1) is 7.22. The van der Waals surface area contributed by atoms with Gasteiger partial charge in [-0.05, 0) is 23.9 Å². The number of amides is 2. The Hall–Kier alpha value is -1.49. The number of benzene rings is 1. The molecule has 1 rings (SSSR count). The molecule has 0 unspecified atom stereocenters. The Morgan fingerprint density at radius 3 is 2.53 bits per heavy atom. The Kier molecular flexibility index (Phi) is 4.70. The standard InChI is InChI=1S/C10H12N2O2S/c1-11-9(13)7-12-10(14)15-8-5-3-2-4-6-8/h2-6H,7H2,1H3,(H,11,13)(H,12,14). The van der Waals surface area contributed by atoms with E-state index in [1.165, 1.54) is 7.05 Å². The molecule has 0 aliphatic carbocycles. The molecule has 15 heavy (non-hydrogen) atoms. The molecule has 5 heteroatoms. The van der Waals surface area contributed by atoms with E-state index in [1.807, 2.05) is 30.3 Å². The van der Waals surface area contributed by atoms with E-state index < -0.39 is 0 Å². The van der Waals surface area contributed by atoms with Crippen LogP contribution in [0.4, 0.5) is 4.79 Å². The Labute approximate surface area is 92.4 Å². The van der Waals surface area contributed by atoms with Gasteiger partial charge in [0.05, 0.1) is 6.54 Å². The van der Waals surface area contributed by atoms with Gasteiger partial charge in [0.15, 0.2) is 0 Å². The van der Waals surface area contributed by atoms with Gasteiger partial charge in [0.25, 0.3) is 5.24 Å². The van der Waals surface area contributed by atoms with Crippen molar-refractivity contribution in [2.75, 3.05) is 13.6 Å². The fourth-order valence-corrected chi connectivity index (χ4v) is 1.52. The van der Waals surface area contributed by atoms with Gasteiger partial charge in [0.2, 0.25) is 5.91 Å². The molecule has 0 saturated carbocycles. The van der Waals surface area contributed by atoms with Crippen molar-refractivity contribution >= 4 is 22.9 Å². The summed E-state index contributed by atoms with van der Waals surface area (Å²) in [4.78, 5) is 23.0. The van der Waals surface area contributed by atoms with E-state index in [1.54, 1.807) is 0 Å². The highest BCUT2D eigenvalue weighted by molar-refractivity contribution is 8.13. The van der Waals surface area contributed by atoms with Gasteiger partial charge in [-0.15, -0.1) is 0 Å². The van der Waals surface area contributed by atoms with Crippen LogP contribution in [-0.2, 0) is 4.79 Å². The number of rotatable bonds is 3. The van der Waals surface area contributed by atoms with Gasteiger partial charge in [-0.1, -0.05) is 18.2 Å². The van der Waals surface area contributed by atoms with Crippen LogP contribution in [0.1, 0.15) is 0 Å². The molecule has 1 aromatic carbocycles. The molecule has 0 aliphatic heterocycles. The van der Waals surface area contributed by atoms with Crippen LogP contribution in [0.5, 0.6) is 0 Å². The lowest BCUT2D eigenvalue weighted by atomic mass is 10.4. The molecular weight excluding hydrogens is 212 g/mol. The van der Waals surface area contributed by atoms with Gasteiger partial charge in [0.1, 0.15) is 0 Å². The van der Waals surface area contributed by atoms with Crippen LogP contribution in [0, 0.1) is 0 Å². The van der Waals surface area contributed by atoms with E-state index in [-0.39, 0.29) is 17.7 Å². The number of likely N-dealkylation sites (N-methyl/N-ethyl adjacent to an activating group) is 1. The van der Waals surface area contributed by atoms with E-state index in [0.717, 1.165) is 16.7 Å². The number of carbonyl (C=O) groups excluding carboxylic acids is 2. The number of hydrogen-bond donors (Lipinski definition) is 2. The Morgan fingerprint density at radius 1 is 1.27 bits per heavy atom. The minimum Gasteiger partial charge on any atom is -0.358 e. The number of carbonyl (C=O) groups is 2. The zero-order valence-electron chi connectivity index (χ0n) is 8.32. The molecule has 0 aromatic heterocycles. The molecule has 2 N–H and O–H groups in total. The molecule has 4 nitrogen and oxygen atoms in total. The van der Waals surface area contributed by atoms with Crippen molar-refractivity contribution in [1.29, 1.82) is 0 Å². The van der Waals surface area contributed by atoms with Gasteiger partial charge in [-0.25, -0.2) is 0 Å². The van der Waals surface area contributed by atoms with Crippen molar-refractivity contribution in [3.8, 4) is 0 Å². The van der Waals surface area contributed by atoms with Crippen molar-refractivity contribution in [3.63, 3.8) is 0 Å². The normalized spacial score (nSPS) is 9.40. The van der Waals surface area contributed by atoms with Crippen LogP contribution in [0.3, 0.4) is 0 Å². The van der Waals surface area contributed by atoms with E-state index in [0.29, 0.717) is 0 Å². The van der Waals surface area contributed by atoms with Crippen molar-refractivity contribution < 1.29 is 9.59 Å². The highest BCUT2D eigenvalue weighted by atomic mass is 32.2. The number of hydrogen-bond acceptors (Lipinski definition) is 3. The third-order valence-corrected chi connectivity index (χ3v) is 2.46. The van der Waals surface area contributed by atoms with Crippen molar-refractivity contribution in [2.24, 2.45) is 0 Å². The SMILES string of the molecule is CNC(=O)CNC(=O)Sc1ccccc1. The minimum absolute atomic E-state index is 0.00909. The third-order valence-electron chi connectivity index (χ3n) is 1.63. The molecule has 80 valence electrons. The summed E-state index contributed by atoms with van der Waals surface area (Å²) in [6.45, 7) is 0.00909. The summed E-state index contributed by atoms with van der Waals surface area (Å²) in [5.41, 5.74) is 0. The minimum atomic E-state index is -0.232. The quantitative estimate of drug-likeness (QED) is 0.759. The number of nitrogens with one attached hydrogen (secondary N) is 2. The molecule has 0 atom stereocenters. The van der Waals surface area contributed by atoms with Crippen LogP contribution in [0.15, 0.2) is 35.2 Å². The van der Waals surface area contributed by atoms with E-state index in [4.69, 9.17) is 0 Å². The fraction of sp³-hybridized carbons (Fsp3) is 0.200. The van der Waals surface area contributed by atoms with E-state index in [2.05, 4.69) is 10.6 Å². The van der Waals surface area contributed by atoms with Crippen molar-refractivity contribution in [2.45, 2.75) is 4.90 Å². The van der Waals surface area contributed by atoms with Gasteiger partial charge < -0.3 is 10.6 Å². The molecule has 0 radical (unpaired) electrons. The highest BCUT2D eigenvalue weighted by Crippen LogP contribution is 2.16. The Bertz CT molecular complexity index is 341. The first kappa shape index (κ1) is 11.6. The average Bonchev–Trinajstić information content (AvgIpc) is 2.27. The lowest BCUT2D eigenvalue weighted by Crippen LogP contribution is -2.33. The van der Waals surface area contributed by atoms with Crippen LogP contribution < -0.4 is 10.6 Å². The Balaban J connectivity index is 2.34. The molecule has 0 aliphatic rings. The molecular formula is C10H12N2O2S. The fourth-order valence-electron chi connectivity index (χ4n) is 0.872. The summed E-state index contributed by atoms with van der Waals surface area (Å²) in [6, 6.07) is 9.27. The lowest BCUT2D eigenvalue weighted by molar-refractivity contribution is -0.119. The summed E-state index contributed by atoms with van der Waals surface area (Å²) in [6.07, 6.45) is 0. The van der Waals surface area contributed by atoms with Crippen molar-refractivity contribution in [1.82, 2.24) is 10.6 Å². The maximum atomic E-state index is 11.3. The van der Waals surface area contributed by atoms with Gasteiger partial charge in [-0.2, -0.15) is 0 Å². The molecule has 2 amide bonds. The van der Waals surface area contributed by atoms with E-state index >= 15 is 0 Å². The largest absolute Gasteiger partial charge is 0.358 e. The second kappa shape index (κ2) is 6.08. The molecule has 0 saturated heterocycles. The first-order valence-electron chi connectivity index (χ1n) is 4.43. The first-order valence-corrected chi connectivity index (χ1v) is 5.25. The zero-order chi connectivity index (χ0) is 11.1. The predicted octanol–water partition coefficient (Wildman–Crippen LogP) is 1.23. The summed E-state index contributed by atoms with van der Waals surface area (Å²) in [7, 11) is 1.53. The van der Waals surface area contributed by atoms with Crippen molar-refractivity contribution in [3.05, 3.63) is 30.3 Å². The lowest BCUT2D eigenvalue weighted by Gasteiger charge is -2.03. The zero-order valence-corrected chi connectivity index (χ0v) is 9.14. The smallest absolute Gasteiger partial charge is 0.284 e. The van der Waals surface area contributed by atoms with Crippen LogP contribution in [-0.4, -0.2) is 24.7 Å². The summed E-state index contributed by atoms with van der Waals surface area (Å²) < 4.78 is 0. The van der Waals surface area contributed by atoms with Gasteiger partial charge in [-0.3, -0.25) is 9.59 Å².